The molecule has 7 heteroatoms. The molecule has 2 aromatic carbocycles. The summed E-state index contributed by atoms with van der Waals surface area (Å²) < 4.78 is 16.6. The van der Waals surface area contributed by atoms with Gasteiger partial charge in [0.15, 0.2) is 11.5 Å². The lowest BCUT2D eigenvalue weighted by Gasteiger charge is -2.28. The monoisotopic (exact) mass is 365 g/mol. The zero-order valence-corrected chi connectivity index (χ0v) is 15.1. The smallest absolute Gasteiger partial charge is 0.267 e. The van der Waals surface area contributed by atoms with Gasteiger partial charge >= 0.3 is 0 Å². The van der Waals surface area contributed by atoms with E-state index in [1.165, 1.54) is 4.90 Å². The van der Waals surface area contributed by atoms with Crippen LogP contribution in [0.1, 0.15) is 11.5 Å². The van der Waals surface area contributed by atoms with Crippen molar-refractivity contribution >= 4 is 5.91 Å². The molecular formula is C20H19N3O4. The van der Waals surface area contributed by atoms with Gasteiger partial charge < -0.3 is 18.9 Å². The summed E-state index contributed by atoms with van der Waals surface area (Å²) in [6, 6.07) is 15.1. The summed E-state index contributed by atoms with van der Waals surface area (Å²) in [5, 5.41) is 3.99. The van der Waals surface area contributed by atoms with Crippen LogP contribution in [-0.4, -0.2) is 40.7 Å². The fraction of sp³-hybridized carbons (Fsp3) is 0.250. The second-order valence-corrected chi connectivity index (χ2v) is 6.44. The van der Waals surface area contributed by atoms with E-state index in [-0.39, 0.29) is 19.1 Å². The summed E-state index contributed by atoms with van der Waals surface area (Å²) in [5.41, 5.74) is 2.02. The fourth-order valence-corrected chi connectivity index (χ4v) is 2.81. The van der Waals surface area contributed by atoms with Gasteiger partial charge in [-0.15, -0.1) is 0 Å². The number of likely N-dealkylation sites (N-methyl/N-ethyl adjacent to an activating group) is 1. The number of benzene rings is 2. The SMILES string of the molecule is Cc1ccc(-c2noc(CN(C)C(=O)C3COc4ccccc4O3)n2)cc1. The number of carbonyl (C=O) groups excluding carboxylic acids is 1. The Kier molecular flexibility index (Phi) is 4.50. The maximum absolute atomic E-state index is 12.7. The second-order valence-electron chi connectivity index (χ2n) is 6.44. The first-order valence-electron chi connectivity index (χ1n) is 8.63. The molecule has 1 aliphatic rings. The van der Waals surface area contributed by atoms with Crippen LogP contribution in [-0.2, 0) is 11.3 Å². The number of hydrogen-bond acceptors (Lipinski definition) is 6. The molecule has 3 aromatic rings. The Morgan fingerprint density at radius 2 is 1.89 bits per heavy atom. The van der Waals surface area contributed by atoms with Crippen molar-refractivity contribution in [1.82, 2.24) is 15.0 Å². The highest BCUT2D eigenvalue weighted by molar-refractivity contribution is 5.81. The zero-order chi connectivity index (χ0) is 18.8. The number of para-hydroxylation sites is 2. The van der Waals surface area contributed by atoms with E-state index in [4.69, 9.17) is 14.0 Å². The Morgan fingerprint density at radius 1 is 1.15 bits per heavy atom. The number of aromatic nitrogens is 2. The second kappa shape index (κ2) is 7.11. The van der Waals surface area contributed by atoms with E-state index >= 15 is 0 Å². The number of aryl methyl sites for hydroxylation is 1. The van der Waals surface area contributed by atoms with Crippen molar-refractivity contribution in [3.8, 4) is 22.9 Å². The molecule has 0 spiro atoms. The molecule has 2 heterocycles. The third kappa shape index (κ3) is 3.62. The van der Waals surface area contributed by atoms with Gasteiger partial charge in [0, 0.05) is 12.6 Å². The summed E-state index contributed by atoms with van der Waals surface area (Å²) >= 11 is 0. The first-order valence-corrected chi connectivity index (χ1v) is 8.63. The Morgan fingerprint density at radius 3 is 2.67 bits per heavy atom. The van der Waals surface area contributed by atoms with Crippen LogP contribution in [0.25, 0.3) is 11.4 Å². The highest BCUT2D eigenvalue weighted by atomic mass is 16.6. The number of nitrogens with zero attached hydrogens (tertiary/aromatic N) is 3. The lowest BCUT2D eigenvalue weighted by atomic mass is 10.1. The molecule has 27 heavy (non-hydrogen) atoms. The summed E-state index contributed by atoms with van der Waals surface area (Å²) in [6.07, 6.45) is -0.704. The molecule has 1 aliphatic heterocycles. The molecule has 0 N–H and O–H groups in total. The van der Waals surface area contributed by atoms with Crippen molar-refractivity contribution in [2.24, 2.45) is 0 Å². The predicted octanol–water partition coefficient (Wildman–Crippen LogP) is 2.84. The molecule has 1 amide bonds. The van der Waals surface area contributed by atoms with Crippen molar-refractivity contribution in [2.75, 3.05) is 13.7 Å². The van der Waals surface area contributed by atoms with Crippen molar-refractivity contribution in [3.05, 3.63) is 60.0 Å². The maximum atomic E-state index is 12.7. The number of ether oxygens (including phenoxy) is 2. The molecule has 1 aromatic heterocycles. The molecule has 0 aliphatic carbocycles. The molecule has 4 rings (SSSR count). The molecule has 0 saturated heterocycles. The zero-order valence-electron chi connectivity index (χ0n) is 15.1. The number of fused-ring (bicyclic) bond motifs is 1. The van der Waals surface area contributed by atoms with E-state index in [2.05, 4.69) is 10.1 Å². The molecule has 0 saturated carbocycles. The largest absolute Gasteiger partial charge is 0.485 e. The van der Waals surface area contributed by atoms with Gasteiger partial charge in [0.2, 0.25) is 17.8 Å². The van der Waals surface area contributed by atoms with Crippen LogP contribution in [0.15, 0.2) is 53.1 Å². The molecule has 7 nitrogen and oxygen atoms in total. The van der Waals surface area contributed by atoms with Gasteiger partial charge in [0.05, 0.1) is 6.54 Å². The number of rotatable bonds is 4. The minimum absolute atomic E-state index is 0.165. The standard InChI is InChI=1S/C20H19N3O4/c1-13-7-9-14(10-8-13)19-21-18(27-22-19)11-23(2)20(24)17-12-25-15-5-3-4-6-16(15)26-17/h3-10,17H,11-12H2,1-2H3. The predicted molar refractivity (Wildman–Crippen MR) is 97.3 cm³/mol. The quantitative estimate of drug-likeness (QED) is 0.707. The molecular weight excluding hydrogens is 346 g/mol. The van der Waals surface area contributed by atoms with Gasteiger partial charge in [0.25, 0.3) is 5.91 Å². The third-order valence-electron chi connectivity index (χ3n) is 4.31. The molecule has 0 fully saturated rings. The van der Waals surface area contributed by atoms with Crippen LogP contribution in [0.2, 0.25) is 0 Å². The number of carbonyl (C=O) groups is 1. The van der Waals surface area contributed by atoms with E-state index in [0.29, 0.717) is 23.2 Å². The van der Waals surface area contributed by atoms with Crippen molar-refractivity contribution in [2.45, 2.75) is 19.6 Å². The van der Waals surface area contributed by atoms with Gasteiger partial charge in [-0.25, -0.2) is 0 Å². The highest BCUT2D eigenvalue weighted by Gasteiger charge is 2.30. The van der Waals surface area contributed by atoms with Crippen LogP contribution in [0.3, 0.4) is 0 Å². The Labute approximate surface area is 156 Å². The van der Waals surface area contributed by atoms with Gasteiger partial charge in [-0.05, 0) is 19.1 Å². The Hall–Kier alpha value is -3.35. The van der Waals surface area contributed by atoms with E-state index in [0.717, 1.165) is 11.1 Å². The maximum Gasteiger partial charge on any atom is 0.267 e. The van der Waals surface area contributed by atoms with Crippen LogP contribution < -0.4 is 9.47 Å². The molecule has 1 unspecified atom stereocenters. The van der Waals surface area contributed by atoms with Crippen molar-refractivity contribution in [1.29, 1.82) is 0 Å². The normalized spacial score (nSPS) is 15.4. The first-order chi connectivity index (χ1) is 13.1. The van der Waals surface area contributed by atoms with Gasteiger partial charge in [-0.1, -0.05) is 47.1 Å². The van der Waals surface area contributed by atoms with Crippen LogP contribution in [0, 0.1) is 6.92 Å². The van der Waals surface area contributed by atoms with E-state index in [1.54, 1.807) is 13.1 Å². The summed E-state index contributed by atoms with van der Waals surface area (Å²) in [5.74, 6) is 1.86. The highest BCUT2D eigenvalue weighted by Crippen LogP contribution is 2.31. The summed E-state index contributed by atoms with van der Waals surface area (Å²) in [4.78, 5) is 18.5. The Balaban J connectivity index is 1.41. The van der Waals surface area contributed by atoms with Crippen molar-refractivity contribution in [3.63, 3.8) is 0 Å². The molecule has 1 atom stereocenters. The third-order valence-corrected chi connectivity index (χ3v) is 4.31. The Bertz CT molecular complexity index is 952. The van der Waals surface area contributed by atoms with E-state index in [1.807, 2.05) is 49.4 Å². The van der Waals surface area contributed by atoms with E-state index in [9.17, 15) is 4.79 Å². The molecule has 0 radical (unpaired) electrons. The first kappa shape index (κ1) is 17.1. The van der Waals surface area contributed by atoms with E-state index < -0.39 is 6.10 Å². The van der Waals surface area contributed by atoms with Gasteiger partial charge in [-0.2, -0.15) is 4.98 Å². The minimum atomic E-state index is -0.704. The van der Waals surface area contributed by atoms with Crippen LogP contribution >= 0.6 is 0 Å². The molecule has 0 bridgehead atoms. The van der Waals surface area contributed by atoms with Crippen LogP contribution in [0.5, 0.6) is 11.5 Å². The van der Waals surface area contributed by atoms with Gasteiger partial charge in [-0.3, -0.25) is 4.79 Å². The fourth-order valence-electron chi connectivity index (χ4n) is 2.81. The van der Waals surface area contributed by atoms with Crippen LogP contribution in [0.4, 0.5) is 0 Å². The van der Waals surface area contributed by atoms with Gasteiger partial charge in [0.1, 0.15) is 6.61 Å². The summed E-state index contributed by atoms with van der Waals surface area (Å²) in [7, 11) is 1.67. The number of amides is 1. The average molecular weight is 365 g/mol. The summed E-state index contributed by atoms with van der Waals surface area (Å²) in [6.45, 7) is 2.37. The minimum Gasteiger partial charge on any atom is -0.485 e. The molecule has 138 valence electrons. The lowest BCUT2D eigenvalue weighted by molar-refractivity contribution is -0.140. The van der Waals surface area contributed by atoms with Crippen molar-refractivity contribution < 1.29 is 18.8 Å². The number of hydrogen-bond donors (Lipinski definition) is 0. The topological polar surface area (TPSA) is 77.7 Å². The average Bonchev–Trinajstić information content (AvgIpc) is 3.16. The lowest BCUT2D eigenvalue weighted by Crippen LogP contribution is -2.44.